The zero-order valence-corrected chi connectivity index (χ0v) is 9.41. The SMILES string of the molecule is Cc1nc(-c2ccc(F)c(F)c2)oc1CC(=O)O. The van der Waals surface area contributed by atoms with E-state index in [2.05, 4.69) is 4.98 Å². The van der Waals surface area contributed by atoms with Crippen molar-refractivity contribution in [2.24, 2.45) is 0 Å². The van der Waals surface area contributed by atoms with Gasteiger partial charge >= 0.3 is 5.97 Å². The number of halogens is 2. The smallest absolute Gasteiger partial charge is 0.311 e. The topological polar surface area (TPSA) is 63.3 Å². The van der Waals surface area contributed by atoms with E-state index in [1.807, 2.05) is 0 Å². The van der Waals surface area contributed by atoms with Crippen molar-refractivity contribution in [1.82, 2.24) is 4.98 Å². The minimum absolute atomic E-state index is 0.0719. The third kappa shape index (κ3) is 2.37. The highest BCUT2D eigenvalue weighted by atomic mass is 19.2. The van der Waals surface area contributed by atoms with Gasteiger partial charge in [-0.15, -0.1) is 0 Å². The van der Waals surface area contributed by atoms with Crippen molar-refractivity contribution in [3.05, 3.63) is 41.3 Å². The zero-order chi connectivity index (χ0) is 13.3. The lowest BCUT2D eigenvalue weighted by Crippen LogP contribution is -1.99. The van der Waals surface area contributed by atoms with Gasteiger partial charge in [0.25, 0.3) is 0 Å². The summed E-state index contributed by atoms with van der Waals surface area (Å²) in [5.41, 5.74) is 0.672. The Morgan fingerprint density at radius 1 is 1.39 bits per heavy atom. The molecule has 0 spiro atoms. The van der Waals surface area contributed by atoms with Crippen LogP contribution < -0.4 is 0 Å². The molecule has 0 aliphatic carbocycles. The second kappa shape index (κ2) is 4.56. The number of oxazole rings is 1. The maximum atomic E-state index is 13.0. The molecule has 2 aromatic rings. The monoisotopic (exact) mass is 253 g/mol. The van der Waals surface area contributed by atoms with E-state index in [0.717, 1.165) is 12.1 Å². The van der Waals surface area contributed by atoms with Crippen LogP contribution >= 0.6 is 0 Å². The van der Waals surface area contributed by atoms with E-state index in [1.165, 1.54) is 6.07 Å². The molecule has 0 fully saturated rings. The fraction of sp³-hybridized carbons (Fsp3) is 0.167. The lowest BCUT2D eigenvalue weighted by molar-refractivity contribution is -0.136. The van der Waals surface area contributed by atoms with Crippen molar-refractivity contribution in [3.8, 4) is 11.5 Å². The summed E-state index contributed by atoms with van der Waals surface area (Å²) < 4.78 is 31.0. The summed E-state index contributed by atoms with van der Waals surface area (Å²) in [5, 5.41) is 8.65. The maximum Gasteiger partial charge on any atom is 0.311 e. The highest BCUT2D eigenvalue weighted by molar-refractivity contribution is 5.70. The Hall–Kier alpha value is -2.24. The molecule has 6 heteroatoms. The van der Waals surface area contributed by atoms with Crippen LogP contribution in [0.1, 0.15) is 11.5 Å². The third-order valence-corrected chi connectivity index (χ3v) is 2.37. The van der Waals surface area contributed by atoms with E-state index >= 15 is 0 Å². The van der Waals surface area contributed by atoms with Gasteiger partial charge in [0, 0.05) is 5.56 Å². The number of nitrogens with zero attached hydrogens (tertiary/aromatic N) is 1. The molecule has 18 heavy (non-hydrogen) atoms. The molecular formula is C12H9F2NO3. The molecule has 0 amide bonds. The van der Waals surface area contributed by atoms with Gasteiger partial charge in [0.15, 0.2) is 11.6 Å². The summed E-state index contributed by atoms with van der Waals surface area (Å²) in [6, 6.07) is 3.22. The molecule has 0 saturated carbocycles. The van der Waals surface area contributed by atoms with Gasteiger partial charge in [0.05, 0.1) is 5.69 Å². The van der Waals surface area contributed by atoms with Crippen LogP contribution in [0.15, 0.2) is 22.6 Å². The average molecular weight is 253 g/mol. The second-order valence-electron chi connectivity index (χ2n) is 3.73. The Morgan fingerprint density at radius 3 is 2.72 bits per heavy atom. The predicted octanol–water partition coefficient (Wildman–Crippen LogP) is 2.56. The van der Waals surface area contributed by atoms with Gasteiger partial charge in [-0.05, 0) is 25.1 Å². The number of benzene rings is 1. The number of carbonyl (C=O) groups is 1. The van der Waals surface area contributed by atoms with Crippen molar-refractivity contribution in [3.63, 3.8) is 0 Å². The fourth-order valence-corrected chi connectivity index (χ4v) is 1.48. The van der Waals surface area contributed by atoms with Crippen molar-refractivity contribution in [2.75, 3.05) is 0 Å². The van der Waals surface area contributed by atoms with Gasteiger partial charge in [0.1, 0.15) is 12.2 Å². The number of aryl methyl sites for hydroxylation is 1. The lowest BCUT2D eigenvalue weighted by atomic mass is 10.2. The molecule has 0 radical (unpaired) electrons. The first kappa shape index (κ1) is 12.2. The molecule has 1 aromatic carbocycles. The predicted molar refractivity (Wildman–Crippen MR) is 57.9 cm³/mol. The summed E-state index contributed by atoms with van der Waals surface area (Å²) in [6.45, 7) is 1.59. The molecule has 0 aliphatic rings. The average Bonchev–Trinajstić information content (AvgIpc) is 2.63. The molecule has 0 unspecified atom stereocenters. The molecule has 1 N–H and O–H groups in total. The summed E-state index contributed by atoms with van der Waals surface area (Å²) in [4.78, 5) is 14.6. The fourth-order valence-electron chi connectivity index (χ4n) is 1.48. The third-order valence-electron chi connectivity index (χ3n) is 2.37. The van der Waals surface area contributed by atoms with Crippen LogP contribution in [0.2, 0.25) is 0 Å². The van der Waals surface area contributed by atoms with Crippen molar-refractivity contribution in [1.29, 1.82) is 0 Å². The number of hydrogen-bond acceptors (Lipinski definition) is 3. The Labute approximate surface area is 101 Å². The van der Waals surface area contributed by atoms with Crippen LogP contribution in [-0.4, -0.2) is 16.1 Å². The Balaban J connectivity index is 2.39. The number of aliphatic carboxylic acids is 1. The largest absolute Gasteiger partial charge is 0.481 e. The van der Waals surface area contributed by atoms with Crippen LogP contribution in [0, 0.1) is 18.6 Å². The van der Waals surface area contributed by atoms with E-state index in [1.54, 1.807) is 6.92 Å². The molecule has 0 aliphatic heterocycles. The first-order valence-electron chi connectivity index (χ1n) is 5.11. The van der Waals surface area contributed by atoms with E-state index in [9.17, 15) is 13.6 Å². The summed E-state index contributed by atoms with van der Waals surface area (Å²) in [6.07, 6.45) is -0.303. The van der Waals surface area contributed by atoms with Crippen LogP contribution in [0.5, 0.6) is 0 Å². The van der Waals surface area contributed by atoms with Crippen LogP contribution in [-0.2, 0) is 11.2 Å². The molecular weight excluding hydrogens is 244 g/mol. The minimum Gasteiger partial charge on any atom is -0.481 e. The van der Waals surface area contributed by atoms with Crippen molar-refractivity contribution in [2.45, 2.75) is 13.3 Å². The van der Waals surface area contributed by atoms with Crippen LogP contribution in [0.4, 0.5) is 8.78 Å². The van der Waals surface area contributed by atoms with Crippen molar-refractivity contribution >= 4 is 5.97 Å². The number of hydrogen-bond donors (Lipinski definition) is 1. The van der Waals surface area contributed by atoms with E-state index in [4.69, 9.17) is 9.52 Å². The second-order valence-corrected chi connectivity index (χ2v) is 3.73. The lowest BCUT2D eigenvalue weighted by Gasteiger charge is -1.96. The molecule has 1 heterocycles. The van der Waals surface area contributed by atoms with Gasteiger partial charge in [-0.3, -0.25) is 4.79 Å². The van der Waals surface area contributed by atoms with Crippen molar-refractivity contribution < 1.29 is 23.1 Å². The van der Waals surface area contributed by atoms with Gasteiger partial charge in [-0.2, -0.15) is 0 Å². The molecule has 2 rings (SSSR count). The molecule has 94 valence electrons. The Kier molecular flexibility index (Phi) is 3.10. The molecule has 1 aromatic heterocycles. The van der Waals surface area contributed by atoms with E-state index < -0.39 is 17.6 Å². The summed E-state index contributed by atoms with van der Waals surface area (Å²) >= 11 is 0. The molecule has 4 nitrogen and oxygen atoms in total. The standard InChI is InChI=1S/C12H9F2NO3/c1-6-10(5-11(16)17)18-12(15-6)7-2-3-8(13)9(14)4-7/h2-4H,5H2,1H3,(H,16,17). The maximum absolute atomic E-state index is 13.0. The molecule has 0 bridgehead atoms. The van der Waals surface area contributed by atoms with E-state index in [0.29, 0.717) is 5.69 Å². The van der Waals surface area contributed by atoms with Crippen LogP contribution in [0.25, 0.3) is 11.5 Å². The van der Waals surface area contributed by atoms with Gasteiger partial charge in [-0.25, -0.2) is 13.8 Å². The number of rotatable bonds is 3. The Morgan fingerprint density at radius 2 is 2.11 bits per heavy atom. The summed E-state index contributed by atoms with van der Waals surface area (Å²) in [7, 11) is 0. The quantitative estimate of drug-likeness (QED) is 0.913. The van der Waals surface area contributed by atoms with E-state index in [-0.39, 0.29) is 23.6 Å². The molecule has 0 saturated heterocycles. The first-order chi connectivity index (χ1) is 8.47. The highest BCUT2D eigenvalue weighted by Crippen LogP contribution is 2.23. The van der Waals surface area contributed by atoms with Gasteiger partial charge in [0.2, 0.25) is 5.89 Å². The van der Waals surface area contributed by atoms with Gasteiger partial charge in [-0.1, -0.05) is 0 Å². The Bertz CT molecular complexity index is 607. The minimum atomic E-state index is -1.05. The van der Waals surface area contributed by atoms with Gasteiger partial charge < -0.3 is 9.52 Å². The highest BCUT2D eigenvalue weighted by Gasteiger charge is 2.15. The molecule has 0 atom stereocenters. The number of carboxylic acid groups (broad SMARTS) is 1. The zero-order valence-electron chi connectivity index (χ0n) is 9.41. The summed E-state index contributed by atoms with van der Waals surface area (Å²) in [5.74, 6) is -2.76. The number of carboxylic acids is 1. The normalized spacial score (nSPS) is 10.6. The number of aromatic nitrogens is 1. The first-order valence-corrected chi connectivity index (χ1v) is 5.11. The van der Waals surface area contributed by atoms with Crippen LogP contribution in [0.3, 0.4) is 0 Å².